The van der Waals surface area contributed by atoms with Crippen LogP contribution in [-0.4, -0.2) is 36.4 Å². The molecule has 0 saturated carbocycles. The molecule has 0 fully saturated rings. The Balaban J connectivity index is 1.87. The minimum atomic E-state index is -0.270. The van der Waals surface area contributed by atoms with Crippen molar-refractivity contribution >= 4 is 62.3 Å². The molecule has 0 heterocycles. The number of carbonyl (C=O) groups is 1. The van der Waals surface area contributed by atoms with E-state index in [1.165, 1.54) is 0 Å². The Morgan fingerprint density at radius 2 is 1.90 bits per heavy atom. The van der Waals surface area contributed by atoms with Gasteiger partial charge in [-0.05, 0) is 77.3 Å². The van der Waals surface area contributed by atoms with E-state index < -0.39 is 0 Å². The van der Waals surface area contributed by atoms with Crippen molar-refractivity contribution in [1.82, 2.24) is 5.32 Å². The number of hydrogen-bond acceptors (Lipinski definition) is 4. The molecule has 0 radical (unpaired) electrons. The number of anilines is 1. The number of benzene rings is 3. The van der Waals surface area contributed by atoms with Crippen LogP contribution in [0.15, 0.2) is 60.7 Å². The highest BCUT2D eigenvalue weighted by molar-refractivity contribution is 14.1. The third kappa shape index (κ3) is 5.27. The highest BCUT2D eigenvalue weighted by atomic mass is 127. The van der Waals surface area contributed by atoms with Gasteiger partial charge in [-0.25, -0.2) is 0 Å². The molecule has 0 aliphatic rings. The molecule has 5 nitrogen and oxygen atoms in total. The number of aliphatic hydroxyl groups excluding tert-OH is 1. The average Bonchev–Trinajstić information content (AvgIpc) is 2.76. The smallest absolute Gasteiger partial charge is 0.257 e. The fraction of sp³-hybridized carbons (Fsp3) is 0.217. The minimum Gasteiger partial charge on any atom is -0.496 e. The van der Waals surface area contributed by atoms with Crippen LogP contribution in [0.3, 0.4) is 0 Å². The number of nitrogens with zero attached hydrogens (tertiary/aromatic N) is 1. The van der Waals surface area contributed by atoms with E-state index in [-0.39, 0.29) is 12.5 Å². The monoisotopic (exact) mass is 534 g/mol. The van der Waals surface area contributed by atoms with Crippen molar-refractivity contribution in [3.8, 4) is 5.75 Å². The summed E-state index contributed by atoms with van der Waals surface area (Å²) in [4.78, 5) is 14.8. The topological polar surface area (TPSA) is 61.8 Å². The standard InChI is InChI=1S/C23H23IN2O3S/c1-29-21-12-11-17(15-19(21)24)22(28)25-23(30)26(13-4-5-14-27)20-10-6-8-16-7-2-3-9-18(16)20/h2-3,6-12,15,27H,4-5,13-14H2,1H3,(H,25,28,30). The molecule has 0 atom stereocenters. The molecule has 0 spiro atoms. The molecule has 156 valence electrons. The van der Waals surface area contributed by atoms with Crippen LogP contribution in [-0.2, 0) is 0 Å². The second kappa shape index (κ2) is 10.7. The number of amides is 1. The lowest BCUT2D eigenvalue weighted by Gasteiger charge is -2.27. The second-order valence-electron chi connectivity index (χ2n) is 6.69. The van der Waals surface area contributed by atoms with Gasteiger partial charge in [0.05, 0.1) is 16.4 Å². The Bertz CT molecular complexity index is 1050. The Kier molecular flexibility index (Phi) is 8.01. The third-order valence-corrected chi connectivity index (χ3v) is 5.89. The van der Waals surface area contributed by atoms with Crippen molar-refractivity contribution in [3.63, 3.8) is 0 Å². The molecule has 30 heavy (non-hydrogen) atoms. The van der Waals surface area contributed by atoms with E-state index in [4.69, 9.17) is 17.0 Å². The molecule has 0 saturated heterocycles. The number of rotatable bonds is 7. The van der Waals surface area contributed by atoms with Crippen LogP contribution in [0.25, 0.3) is 10.8 Å². The quantitative estimate of drug-likeness (QED) is 0.261. The van der Waals surface area contributed by atoms with Gasteiger partial charge in [-0.15, -0.1) is 0 Å². The van der Waals surface area contributed by atoms with Crippen molar-refractivity contribution in [2.75, 3.05) is 25.2 Å². The zero-order valence-corrected chi connectivity index (χ0v) is 19.6. The maximum Gasteiger partial charge on any atom is 0.257 e. The van der Waals surface area contributed by atoms with Crippen molar-refractivity contribution in [2.24, 2.45) is 0 Å². The van der Waals surface area contributed by atoms with Crippen LogP contribution in [0.5, 0.6) is 5.75 Å². The Morgan fingerprint density at radius 3 is 2.63 bits per heavy atom. The molecule has 2 N–H and O–H groups in total. The number of unbranched alkanes of at least 4 members (excludes halogenated alkanes) is 1. The van der Waals surface area contributed by atoms with Gasteiger partial charge in [-0.1, -0.05) is 36.4 Å². The number of aliphatic hydroxyl groups is 1. The predicted molar refractivity (Wildman–Crippen MR) is 133 cm³/mol. The number of nitrogens with one attached hydrogen (secondary N) is 1. The molecular formula is C23H23IN2O3S. The highest BCUT2D eigenvalue weighted by Gasteiger charge is 2.18. The number of thiocarbonyl (C=S) groups is 1. The van der Waals surface area contributed by atoms with Crippen LogP contribution in [0, 0.1) is 3.57 Å². The second-order valence-corrected chi connectivity index (χ2v) is 8.24. The van der Waals surface area contributed by atoms with Crippen LogP contribution in [0.1, 0.15) is 23.2 Å². The number of halogens is 1. The first-order valence-electron chi connectivity index (χ1n) is 9.60. The molecule has 0 aromatic heterocycles. The van der Waals surface area contributed by atoms with Gasteiger partial charge in [-0.3, -0.25) is 10.1 Å². The predicted octanol–water partition coefficient (Wildman–Crippen LogP) is 4.75. The zero-order valence-electron chi connectivity index (χ0n) is 16.6. The summed E-state index contributed by atoms with van der Waals surface area (Å²) in [6.07, 6.45) is 1.41. The van der Waals surface area contributed by atoms with E-state index in [0.29, 0.717) is 23.6 Å². The number of methoxy groups -OCH3 is 1. The first-order valence-corrected chi connectivity index (χ1v) is 11.1. The van der Waals surface area contributed by atoms with E-state index in [1.807, 2.05) is 47.4 Å². The molecule has 3 aromatic carbocycles. The fourth-order valence-corrected chi connectivity index (χ4v) is 4.22. The molecule has 0 aliphatic carbocycles. The molecule has 1 amide bonds. The fourth-order valence-electron chi connectivity index (χ4n) is 3.20. The normalized spacial score (nSPS) is 10.6. The van der Waals surface area contributed by atoms with Crippen LogP contribution in [0.2, 0.25) is 0 Å². The molecule has 0 aliphatic heterocycles. The summed E-state index contributed by atoms with van der Waals surface area (Å²) in [6, 6.07) is 19.3. The van der Waals surface area contributed by atoms with E-state index in [2.05, 4.69) is 27.9 Å². The number of carbonyl (C=O) groups excluding carboxylic acids is 1. The van der Waals surface area contributed by atoms with Crippen LogP contribution in [0.4, 0.5) is 5.69 Å². The lowest BCUT2D eigenvalue weighted by Crippen LogP contribution is -2.43. The van der Waals surface area contributed by atoms with Gasteiger partial charge in [0.15, 0.2) is 5.11 Å². The summed E-state index contributed by atoms with van der Waals surface area (Å²) < 4.78 is 6.11. The van der Waals surface area contributed by atoms with Gasteiger partial charge in [0.1, 0.15) is 5.75 Å². The van der Waals surface area contributed by atoms with Crippen molar-refractivity contribution in [3.05, 3.63) is 69.8 Å². The van der Waals surface area contributed by atoms with E-state index >= 15 is 0 Å². The molecule has 7 heteroatoms. The van der Waals surface area contributed by atoms with E-state index in [9.17, 15) is 9.90 Å². The van der Waals surface area contributed by atoms with Gasteiger partial charge < -0.3 is 14.7 Å². The van der Waals surface area contributed by atoms with E-state index in [0.717, 1.165) is 32.2 Å². The highest BCUT2D eigenvalue weighted by Crippen LogP contribution is 2.27. The van der Waals surface area contributed by atoms with Gasteiger partial charge in [0.2, 0.25) is 0 Å². The van der Waals surface area contributed by atoms with Crippen molar-refractivity contribution in [1.29, 1.82) is 0 Å². The maximum atomic E-state index is 12.8. The SMILES string of the molecule is COc1ccc(C(=O)NC(=S)N(CCCCO)c2cccc3ccccc23)cc1I. The van der Waals surface area contributed by atoms with Gasteiger partial charge >= 0.3 is 0 Å². The number of fused-ring (bicyclic) bond motifs is 1. The average molecular weight is 534 g/mol. The Labute approximate surface area is 195 Å². The van der Waals surface area contributed by atoms with E-state index in [1.54, 1.807) is 25.3 Å². The maximum absolute atomic E-state index is 12.8. The number of ether oxygens (including phenoxy) is 1. The summed E-state index contributed by atoms with van der Waals surface area (Å²) in [5.41, 5.74) is 1.44. The van der Waals surface area contributed by atoms with Crippen molar-refractivity contribution in [2.45, 2.75) is 12.8 Å². The molecule has 3 aromatic rings. The van der Waals surface area contributed by atoms with Gasteiger partial charge in [0.25, 0.3) is 5.91 Å². The summed E-state index contributed by atoms with van der Waals surface area (Å²) in [6.45, 7) is 0.709. The Hall–Kier alpha value is -2.23. The van der Waals surface area contributed by atoms with Gasteiger partial charge in [0, 0.05) is 24.1 Å². The Morgan fingerprint density at radius 1 is 1.13 bits per heavy atom. The lowest BCUT2D eigenvalue weighted by molar-refractivity contribution is 0.0977. The van der Waals surface area contributed by atoms with Gasteiger partial charge in [-0.2, -0.15) is 0 Å². The summed E-state index contributed by atoms with van der Waals surface area (Å²) >= 11 is 7.77. The molecule has 0 unspecified atom stereocenters. The first kappa shape index (κ1) is 22.5. The lowest BCUT2D eigenvalue weighted by atomic mass is 10.1. The summed E-state index contributed by atoms with van der Waals surface area (Å²) in [7, 11) is 1.60. The van der Waals surface area contributed by atoms with Crippen LogP contribution < -0.4 is 15.0 Å². The minimum absolute atomic E-state index is 0.118. The largest absolute Gasteiger partial charge is 0.496 e. The first-order chi connectivity index (χ1) is 14.5. The van der Waals surface area contributed by atoms with Crippen molar-refractivity contribution < 1.29 is 14.6 Å². The van der Waals surface area contributed by atoms with Crippen LogP contribution >= 0.6 is 34.8 Å². The third-order valence-electron chi connectivity index (χ3n) is 4.73. The zero-order chi connectivity index (χ0) is 21.5. The molecular weight excluding hydrogens is 511 g/mol. The summed E-state index contributed by atoms with van der Waals surface area (Å²) in [5.74, 6) is 0.448. The molecule has 0 bridgehead atoms. The molecule has 3 rings (SSSR count). The number of hydrogen-bond donors (Lipinski definition) is 2. The summed E-state index contributed by atoms with van der Waals surface area (Å²) in [5, 5.41) is 14.5.